The summed E-state index contributed by atoms with van der Waals surface area (Å²) in [5, 5.41) is 0. The maximum Gasteiger partial charge on any atom is 0.306 e. The number of ether oxygens (including phenoxy) is 1. The molecule has 0 aliphatic heterocycles. The number of fused-ring (bicyclic) bond motifs is 5. The summed E-state index contributed by atoms with van der Waals surface area (Å²) in [6.07, 6.45) is 12.6. The molecule has 0 saturated heterocycles. The second kappa shape index (κ2) is 8.24. The van der Waals surface area contributed by atoms with E-state index in [-0.39, 0.29) is 34.5 Å². The smallest absolute Gasteiger partial charge is 0.306 e. The predicted octanol–water partition coefficient (Wildman–Crippen LogP) is 5.58. The maximum atomic E-state index is 13.1. The summed E-state index contributed by atoms with van der Waals surface area (Å²) in [5.41, 5.74) is 0.642. The fraction of sp³-hybridized carbons (Fsp3) is 0.808. The molecule has 4 rings (SSSR count). The van der Waals surface area contributed by atoms with Crippen LogP contribution >= 0.6 is 0 Å². The number of Topliss-reactive ketones (excluding diaryl/α,β-unsaturated/α-hetero) is 1. The van der Waals surface area contributed by atoms with Crippen molar-refractivity contribution in [2.24, 2.45) is 28.6 Å². The average Bonchev–Trinajstić information content (AvgIpc) is 3.03. The third-order valence-corrected chi connectivity index (χ3v) is 9.21. The summed E-state index contributed by atoms with van der Waals surface area (Å²) in [4.78, 5) is 37.5. The molecule has 0 aromatic rings. The molecule has 0 aromatic heterocycles. The van der Waals surface area contributed by atoms with Crippen LogP contribution in [0.1, 0.15) is 97.8 Å². The number of ketones is 2. The number of esters is 1. The minimum absolute atomic E-state index is 0.00472. The molecule has 0 spiro atoms. The number of allylic oxidation sites excluding steroid dienone is 1. The third kappa shape index (κ3) is 3.58. The molecule has 6 atom stereocenters. The summed E-state index contributed by atoms with van der Waals surface area (Å²) < 4.78 is 6.04. The lowest BCUT2D eigenvalue weighted by Crippen LogP contribution is -2.53. The first-order valence-electron chi connectivity index (χ1n) is 12.3. The van der Waals surface area contributed by atoms with Gasteiger partial charge in [-0.2, -0.15) is 0 Å². The van der Waals surface area contributed by atoms with Gasteiger partial charge in [-0.15, -0.1) is 0 Å². The Bertz CT molecular complexity index is 752. The highest BCUT2D eigenvalue weighted by Gasteiger charge is 2.61. The van der Waals surface area contributed by atoms with Crippen LogP contribution in [0.4, 0.5) is 0 Å². The number of unbranched alkanes of at least 4 members (excludes halogenated alkanes) is 3. The predicted molar refractivity (Wildman–Crippen MR) is 116 cm³/mol. The lowest BCUT2D eigenvalue weighted by atomic mass is 9.47. The van der Waals surface area contributed by atoms with Crippen LogP contribution in [0.5, 0.6) is 0 Å². The van der Waals surface area contributed by atoms with Gasteiger partial charge in [0, 0.05) is 30.3 Å². The molecule has 4 nitrogen and oxygen atoms in total. The Hall–Kier alpha value is -1.45. The van der Waals surface area contributed by atoms with Crippen LogP contribution in [0.2, 0.25) is 0 Å². The second-order valence-corrected chi connectivity index (χ2v) is 10.9. The Morgan fingerprint density at radius 1 is 1.07 bits per heavy atom. The average molecular weight is 415 g/mol. The summed E-state index contributed by atoms with van der Waals surface area (Å²) in [6.45, 7) is 6.71. The molecule has 4 aliphatic carbocycles. The van der Waals surface area contributed by atoms with Gasteiger partial charge < -0.3 is 4.74 Å². The normalized spacial score (nSPS) is 40.3. The van der Waals surface area contributed by atoms with Crippen LogP contribution in [-0.2, 0) is 19.1 Å². The van der Waals surface area contributed by atoms with E-state index in [1.165, 1.54) is 12.8 Å². The second-order valence-electron chi connectivity index (χ2n) is 10.9. The SMILES string of the molecule is CCCCCCC(=O)O[C@H]1CC[C@H]2[C@@H]3CC(=O)C4=CC(=O)CC[C@]4(C)[C@H]3CC[C@]12C. The molecule has 0 amide bonds. The molecule has 3 fully saturated rings. The van der Waals surface area contributed by atoms with Gasteiger partial charge in [0.2, 0.25) is 0 Å². The van der Waals surface area contributed by atoms with E-state index in [9.17, 15) is 14.4 Å². The van der Waals surface area contributed by atoms with E-state index < -0.39 is 0 Å². The lowest BCUT2D eigenvalue weighted by molar-refractivity contribution is -0.161. The van der Waals surface area contributed by atoms with Crippen LogP contribution < -0.4 is 0 Å². The van der Waals surface area contributed by atoms with Crippen molar-refractivity contribution in [2.45, 2.75) is 104 Å². The van der Waals surface area contributed by atoms with E-state index in [0.29, 0.717) is 37.0 Å². The van der Waals surface area contributed by atoms with Crippen LogP contribution in [0, 0.1) is 28.6 Å². The van der Waals surface area contributed by atoms with E-state index in [2.05, 4.69) is 20.8 Å². The molecule has 0 radical (unpaired) electrons. The molecule has 4 heteroatoms. The first-order chi connectivity index (χ1) is 14.3. The zero-order valence-corrected chi connectivity index (χ0v) is 19.0. The highest BCUT2D eigenvalue weighted by atomic mass is 16.5. The van der Waals surface area contributed by atoms with Crippen LogP contribution in [0.25, 0.3) is 0 Å². The van der Waals surface area contributed by atoms with Gasteiger partial charge in [-0.1, -0.05) is 40.0 Å². The van der Waals surface area contributed by atoms with Crippen molar-refractivity contribution in [3.05, 3.63) is 11.6 Å². The summed E-state index contributed by atoms with van der Waals surface area (Å²) >= 11 is 0. The maximum absolute atomic E-state index is 13.1. The first kappa shape index (κ1) is 21.8. The van der Waals surface area contributed by atoms with Crippen molar-refractivity contribution >= 4 is 17.5 Å². The van der Waals surface area contributed by atoms with Crippen LogP contribution in [-0.4, -0.2) is 23.6 Å². The van der Waals surface area contributed by atoms with Crippen molar-refractivity contribution in [3.8, 4) is 0 Å². The van der Waals surface area contributed by atoms with Crippen LogP contribution in [0.15, 0.2) is 11.6 Å². The highest BCUT2D eigenvalue weighted by Crippen LogP contribution is 2.65. The fourth-order valence-corrected chi connectivity index (χ4v) is 7.45. The van der Waals surface area contributed by atoms with Gasteiger partial charge in [-0.25, -0.2) is 0 Å². The number of carbonyl (C=O) groups is 3. The van der Waals surface area contributed by atoms with E-state index in [4.69, 9.17) is 4.74 Å². The summed E-state index contributed by atoms with van der Waals surface area (Å²) in [5.74, 6) is 1.53. The van der Waals surface area contributed by atoms with Crippen molar-refractivity contribution in [1.82, 2.24) is 0 Å². The first-order valence-corrected chi connectivity index (χ1v) is 12.3. The molecule has 0 N–H and O–H groups in total. The Balaban J connectivity index is 1.47. The molecule has 30 heavy (non-hydrogen) atoms. The molecule has 4 aliphatic rings. The van der Waals surface area contributed by atoms with Gasteiger partial charge in [-0.05, 0) is 67.8 Å². The number of carbonyl (C=O) groups excluding carboxylic acids is 3. The fourth-order valence-electron chi connectivity index (χ4n) is 7.45. The van der Waals surface area contributed by atoms with E-state index in [1.807, 2.05) is 0 Å². The zero-order valence-electron chi connectivity index (χ0n) is 19.0. The van der Waals surface area contributed by atoms with Gasteiger partial charge in [0.1, 0.15) is 6.10 Å². The molecule has 166 valence electrons. The molecule has 0 bridgehead atoms. The van der Waals surface area contributed by atoms with E-state index in [0.717, 1.165) is 50.5 Å². The molecular weight excluding hydrogens is 376 g/mol. The molecule has 0 unspecified atom stereocenters. The Morgan fingerprint density at radius 3 is 2.63 bits per heavy atom. The minimum atomic E-state index is -0.150. The van der Waals surface area contributed by atoms with E-state index >= 15 is 0 Å². The standard InChI is InChI=1S/C26H38O4/c1-4-5-6-7-8-24(29)30-23-10-9-19-18-16-22(28)21-15-17(27)11-13-25(21,2)20(18)12-14-26(19,23)3/h15,18-20,23H,4-14,16H2,1-3H3/t18-,19-,20-,23-,25+,26-/m0/s1. The lowest BCUT2D eigenvalue weighted by Gasteiger charge is -2.57. The van der Waals surface area contributed by atoms with Crippen molar-refractivity contribution in [1.29, 1.82) is 0 Å². The Morgan fingerprint density at radius 2 is 1.87 bits per heavy atom. The zero-order chi connectivity index (χ0) is 21.5. The topological polar surface area (TPSA) is 60.4 Å². The molecule has 3 saturated carbocycles. The Kier molecular flexibility index (Phi) is 5.98. The van der Waals surface area contributed by atoms with Gasteiger partial charge in [0.25, 0.3) is 0 Å². The largest absolute Gasteiger partial charge is 0.462 e. The van der Waals surface area contributed by atoms with Crippen molar-refractivity contribution in [2.75, 3.05) is 0 Å². The van der Waals surface area contributed by atoms with Gasteiger partial charge >= 0.3 is 5.97 Å². The Labute approximate surface area is 181 Å². The molecule has 0 heterocycles. The number of hydrogen-bond donors (Lipinski definition) is 0. The summed E-state index contributed by atoms with van der Waals surface area (Å²) in [6, 6.07) is 0. The third-order valence-electron chi connectivity index (χ3n) is 9.21. The van der Waals surface area contributed by atoms with Crippen molar-refractivity contribution < 1.29 is 19.1 Å². The number of rotatable bonds is 6. The number of hydrogen-bond acceptors (Lipinski definition) is 4. The molecular formula is C26H38O4. The van der Waals surface area contributed by atoms with E-state index in [1.54, 1.807) is 6.08 Å². The highest BCUT2D eigenvalue weighted by molar-refractivity contribution is 6.05. The quantitative estimate of drug-likeness (QED) is 0.420. The van der Waals surface area contributed by atoms with Crippen molar-refractivity contribution in [3.63, 3.8) is 0 Å². The van der Waals surface area contributed by atoms with Crippen LogP contribution in [0.3, 0.4) is 0 Å². The van der Waals surface area contributed by atoms with Gasteiger partial charge in [-0.3, -0.25) is 14.4 Å². The van der Waals surface area contributed by atoms with Gasteiger partial charge in [0.05, 0.1) is 0 Å². The summed E-state index contributed by atoms with van der Waals surface area (Å²) in [7, 11) is 0. The minimum Gasteiger partial charge on any atom is -0.462 e. The molecule has 0 aromatic carbocycles. The monoisotopic (exact) mass is 414 g/mol. The van der Waals surface area contributed by atoms with Gasteiger partial charge in [0.15, 0.2) is 11.6 Å².